The highest BCUT2D eigenvalue weighted by Crippen LogP contribution is 2.14. The molecule has 0 amide bonds. The number of carboxylic acids is 1. The third kappa shape index (κ3) is 1.18. The monoisotopic (exact) mass is 209 g/mol. The molecular formula is C9H9N2O4+. The lowest BCUT2D eigenvalue weighted by atomic mass is 10.2. The maximum Gasteiger partial charge on any atom is 0.447 e. The van der Waals surface area contributed by atoms with Crippen LogP contribution in [0.5, 0.6) is 0 Å². The summed E-state index contributed by atoms with van der Waals surface area (Å²) >= 11 is 0. The summed E-state index contributed by atoms with van der Waals surface area (Å²) in [5, 5.41) is 27.8. The number of hydrogen-bond donors (Lipinski definition) is 3. The summed E-state index contributed by atoms with van der Waals surface area (Å²) in [7, 11) is 0. The van der Waals surface area contributed by atoms with E-state index >= 15 is 0 Å². The molecule has 0 spiro atoms. The molecule has 3 N–H and O–H groups in total. The minimum atomic E-state index is -1.41. The standard InChI is InChI=1S/C9H8N2O4/c1-5-2-3-6-7(4-5)11(15)8(9(12)13)10(6)14/h2-4H,1H3,(H2-,12,13,14,15)/p+1. The molecule has 1 heterocycles. The van der Waals surface area contributed by atoms with Crippen molar-refractivity contribution in [3.63, 3.8) is 0 Å². The summed E-state index contributed by atoms with van der Waals surface area (Å²) in [5.74, 6) is -2.01. The summed E-state index contributed by atoms with van der Waals surface area (Å²) in [6.07, 6.45) is 0. The van der Waals surface area contributed by atoms with Crippen molar-refractivity contribution < 1.29 is 25.0 Å². The van der Waals surface area contributed by atoms with Crippen LogP contribution >= 0.6 is 0 Å². The number of benzene rings is 1. The highest BCUT2D eigenvalue weighted by molar-refractivity contribution is 5.86. The lowest BCUT2D eigenvalue weighted by Gasteiger charge is -1.88. The van der Waals surface area contributed by atoms with Crippen molar-refractivity contribution in [2.45, 2.75) is 6.92 Å². The molecule has 6 heteroatoms. The van der Waals surface area contributed by atoms with Crippen molar-refractivity contribution in [3.8, 4) is 0 Å². The summed E-state index contributed by atoms with van der Waals surface area (Å²) in [5.41, 5.74) is 1.34. The van der Waals surface area contributed by atoms with E-state index in [-0.39, 0.29) is 11.0 Å². The Morgan fingerprint density at radius 2 is 2.13 bits per heavy atom. The van der Waals surface area contributed by atoms with Gasteiger partial charge in [0.2, 0.25) is 11.0 Å². The van der Waals surface area contributed by atoms with Crippen molar-refractivity contribution in [1.82, 2.24) is 4.73 Å². The molecule has 0 atom stereocenters. The molecule has 0 aliphatic heterocycles. The van der Waals surface area contributed by atoms with Gasteiger partial charge in [-0.05, 0) is 34.1 Å². The fourth-order valence-corrected chi connectivity index (χ4v) is 1.48. The summed E-state index contributed by atoms with van der Waals surface area (Å²) in [4.78, 5) is 10.7. The van der Waals surface area contributed by atoms with Crippen LogP contribution in [0.1, 0.15) is 16.2 Å². The predicted octanol–water partition coefficient (Wildman–Crippen LogP) is 0.410. The van der Waals surface area contributed by atoms with Crippen LogP contribution in [0.25, 0.3) is 11.0 Å². The Morgan fingerprint density at radius 1 is 1.47 bits per heavy atom. The SMILES string of the molecule is Cc1ccc2c(c1)n(O)c(C(=O)O)[n+]2O. The molecule has 0 saturated heterocycles. The molecule has 78 valence electrons. The summed E-state index contributed by atoms with van der Waals surface area (Å²) in [6, 6.07) is 4.82. The molecule has 0 fully saturated rings. The van der Waals surface area contributed by atoms with E-state index in [0.717, 1.165) is 5.56 Å². The minimum absolute atomic E-state index is 0.237. The average Bonchev–Trinajstić information content (AvgIpc) is 2.39. The van der Waals surface area contributed by atoms with Crippen molar-refractivity contribution in [2.75, 3.05) is 0 Å². The summed E-state index contributed by atoms with van der Waals surface area (Å²) < 4.78 is 0.891. The van der Waals surface area contributed by atoms with Crippen LogP contribution in [0.3, 0.4) is 0 Å². The molecule has 2 rings (SSSR count). The highest BCUT2D eigenvalue weighted by Gasteiger charge is 2.31. The average molecular weight is 209 g/mol. The topological polar surface area (TPSA) is 86.6 Å². The van der Waals surface area contributed by atoms with Crippen LogP contribution in [0.15, 0.2) is 18.2 Å². The smallest absolute Gasteiger partial charge is 0.447 e. The molecule has 1 aromatic carbocycles. The fraction of sp³-hybridized carbons (Fsp3) is 0.111. The summed E-state index contributed by atoms with van der Waals surface area (Å²) in [6.45, 7) is 1.80. The van der Waals surface area contributed by atoms with Crippen molar-refractivity contribution >= 4 is 17.0 Å². The predicted molar refractivity (Wildman–Crippen MR) is 48.2 cm³/mol. The van der Waals surface area contributed by atoms with Gasteiger partial charge in [-0.2, -0.15) is 0 Å². The molecule has 0 radical (unpaired) electrons. The third-order valence-electron chi connectivity index (χ3n) is 2.18. The zero-order valence-corrected chi connectivity index (χ0v) is 7.88. The molecule has 0 saturated carbocycles. The van der Waals surface area contributed by atoms with Gasteiger partial charge in [0.1, 0.15) is 0 Å². The number of imidazole rings is 1. The number of carboxylic acid groups (broad SMARTS) is 1. The first-order valence-electron chi connectivity index (χ1n) is 4.21. The van der Waals surface area contributed by atoms with E-state index in [2.05, 4.69) is 0 Å². The van der Waals surface area contributed by atoms with Gasteiger partial charge in [0.25, 0.3) is 0 Å². The normalized spacial score (nSPS) is 10.7. The second-order valence-electron chi connectivity index (χ2n) is 3.24. The fourth-order valence-electron chi connectivity index (χ4n) is 1.48. The lowest BCUT2D eigenvalue weighted by molar-refractivity contribution is -0.887. The maximum atomic E-state index is 10.7. The van der Waals surface area contributed by atoms with Crippen LogP contribution in [0.4, 0.5) is 0 Å². The molecule has 1 aromatic heterocycles. The van der Waals surface area contributed by atoms with Crippen LogP contribution in [-0.2, 0) is 0 Å². The second-order valence-corrected chi connectivity index (χ2v) is 3.24. The quantitative estimate of drug-likeness (QED) is 0.469. The van der Waals surface area contributed by atoms with Crippen LogP contribution in [-0.4, -0.2) is 26.2 Å². The van der Waals surface area contributed by atoms with E-state index in [1.165, 1.54) is 6.07 Å². The molecule has 0 bridgehead atoms. The third-order valence-corrected chi connectivity index (χ3v) is 2.18. The van der Waals surface area contributed by atoms with E-state index < -0.39 is 11.8 Å². The lowest BCUT2D eigenvalue weighted by Crippen LogP contribution is -2.37. The zero-order chi connectivity index (χ0) is 11.2. The minimum Gasteiger partial charge on any atom is -0.472 e. The molecule has 0 unspecified atom stereocenters. The Kier molecular flexibility index (Phi) is 1.79. The first-order chi connectivity index (χ1) is 7.02. The van der Waals surface area contributed by atoms with Crippen LogP contribution < -0.4 is 4.73 Å². The second kappa shape index (κ2) is 2.88. The van der Waals surface area contributed by atoms with Crippen molar-refractivity contribution in [1.29, 1.82) is 0 Å². The van der Waals surface area contributed by atoms with E-state index in [1.807, 2.05) is 0 Å². The Morgan fingerprint density at radius 3 is 2.73 bits per heavy atom. The van der Waals surface area contributed by atoms with E-state index in [0.29, 0.717) is 9.46 Å². The van der Waals surface area contributed by atoms with Gasteiger partial charge in [0.05, 0.1) is 0 Å². The number of aromatic carboxylic acids is 1. The maximum absolute atomic E-state index is 10.7. The number of carbonyl (C=O) groups is 1. The Bertz CT molecular complexity index is 559. The van der Waals surface area contributed by atoms with Crippen LogP contribution in [0, 0.1) is 6.92 Å². The molecule has 2 aromatic rings. The van der Waals surface area contributed by atoms with Gasteiger partial charge < -0.3 is 15.5 Å². The van der Waals surface area contributed by atoms with Gasteiger partial charge in [0.15, 0.2) is 0 Å². The zero-order valence-electron chi connectivity index (χ0n) is 7.88. The molecule has 0 aliphatic carbocycles. The number of aryl methyl sites for hydroxylation is 1. The van der Waals surface area contributed by atoms with Crippen LogP contribution in [0.2, 0.25) is 0 Å². The first-order valence-corrected chi connectivity index (χ1v) is 4.21. The van der Waals surface area contributed by atoms with Gasteiger partial charge in [-0.1, -0.05) is 6.07 Å². The highest BCUT2D eigenvalue weighted by atomic mass is 16.5. The molecule has 0 aliphatic rings. The number of rotatable bonds is 1. The van der Waals surface area contributed by atoms with Crippen molar-refractivity contribution in [3.05, 3.63) is 29.6 Å². The Labute approximate surface area is 84.1 Å². The number of fused-ring (bicyclic) bond motifs is 1. The van der Waals surface area contributed by atoms with E-state index in [1.54, 1.807) is 19.1 Å². The van der Waals surface area contributed by atoms with Gasteiger partial charge in [-0.25, -0.2) is 4.79 Å². The first kappa shape index (κ1) is 9.32. The Balaban J connectivity index is 2.91. The molecule has 6 nitrogen and oxygen atoms in total. The van der Waals surface area contributed by atoms with E-state index in [4.69, 9.17) is 5.11 Å². The van der Waals surface area contributed by atoms with E-state index in [9.17, 15) is 15.2 Å². The van der Waals surface area contributed by atoms with Gasteiger partial charge in [0, 0.05) is 0 Å². The van der Waals surface area contributed by atoms with Gasteiger partial charge in [-0.15, -0.1) is 0 Å². The Hall–Kier alpha value is -2.24. The molecule has 15 heavy (non-hydrogen) atoms. The number of nitrogens with zero attached hydrogens (tertiary/aromatic N) is 2. The van der Waals surface area contributed by atoms with Gasteiger partial charge >= 0.3 is 11.8 Å². The largest absolute Gasteiger partial charge is 0.472 e. The number of hydrogen-bond acceptors (Lipinski definition) is 3. The van der Waals surface area contributed by atoms with Gasteiger partial charge in [-0.3, -0.25) is 0 Å². The number of aromatic nitrogens is 2. The van der Waals surface area contributed by atoms with Crippen molar-refractivity contribution in [2.24, 2.45) is 0 Å². The molecular weight excluding hydrogens is 200 g/mol.